The second-order valence-corrected chi connectivity index (χ2v) is 3.48. The molecule has 18 heavy (non-hydrogen) atoms. The number of rotatable bonds is 5. The van der Waals surface area contributed by atoms with Crippen molar-refractivity contribution in [2.24, 2.45) is 0 Å². The van der Waals surface area contributed by atoms with Crippen LogP contribution in [0.15, 0.2) is 18.3 Å². The number of halogens is 2. The molecule has 0 bridgehead atoms. The van der Waals surface area contributed by atoms with Gasteiger partial charge in [-0.25, -0.2) is 4.98 Å². The monoisotopic (exact) mass is 294 g/mol. The number of likely N-dealkylation sites (N-methyl/N-ethyl adjacent to an activating group) is 1. The number of nitrogen functional groups attached to an aromatic ring is 1. The first-order valence-corrected chi connectivity index (χ1v) is 5.39. The first kappa shape index (κ1) is 19.3. The van der Waals surface area contributed by atoms with E-state index in [1.165, 1.54) is 0 Å². The first-order valence-electron chi connectivity index (χ1n) is 5.39. The molecule has 1 aromatic heterocycles. The molecule has 0 fully saturated rings. The van der Waals surface area contributed by atoms with E-state index >= 15 is 0 Å². The Labute approximate surface area is 120 Å². The van der Waals surface area contributed by atoms with Crippen molar-refractivity contribution in [1.82, 2.24) is 9.88 Å². The summed E-state index contributed by atoms with van der Waals surface area (Å²) in [6.45, 7) is 6.19. The van der Waals surface area contributed by atoms with Crippen LogP contribution in [0.3, 0.4) is 0 Å². The third-order valence-electron chi connectivity index (χ3n) is 2.33. The molecule has 0 aliphatic rings. The summed E-state index contributed by atoms with van der Waals surface area (Å²) in [6, 6.07) is 3.40. The summed E-state index contributed by atoms with van der Waals surface area (Å²) < 4.78 is 0. The van der Waals surface area contributed by atoms with Crippen molar-refractivity contribution in [2.45, 2.75) is 13.8 Å². The van der Waals surface area contributed by atoms with Crippen molar-refractivity contribution in [3.05, 3.63) is 18.3 Å². The zero-order chi connectivity index (χ0) is 12.0. The smallest absolute Gasteiger partial charge is 0.238 e. The van der Waals surface area contributed by atoms with Gasteiger partial charge in [0.05, 0.1) is 18.4 Å². The second-order valence-electron chi connectivity index (χ2n) is 3.48. The van der Waals surface area contributed by atoms with Gasteiger partial charge in [-0.05, 0) is 25.2 Å². The van der Waals surface area contributed by atoms with E-state index in [4.69, 9.17) is 5.73 Å². The number of amides is 1. The van der Waals surface area contributed by atoms with Gasteiger partial charge in [-0.15, -0.1) is 24.8 Å². The molecule has 0 atom stereocenters. The summed E-state index contributed by atoms with van der Waals surface area (Å²) in [7, 11) is 0. The number of nitrogens with zero attached hydrogens (tertiary/aromatic N) is 2. The number of pyridine rings is 1. The van der Waals surface area contributed by atoms with Crippen molar-refractivity contribution in [3.63, 3.8) is 0 Å². The van der Waals surface area contributed by atoms with Gasteiger partial charge in [0.25, 0.3) is 0 Å². The summed E-state index contributed by atoms with van der Waals surface area (Å²) in [6.07, 6.45) is 1.55. The van der Waals surface area contributed by atoms with E-state index < -0.39 is 0 Å². The summed E-state index contributed by atoms with van der Waals surface area (Å²) >= 11 is 0. The third kappa shape index (κ3) is 6.64. The zero-order valence-electron chi connectivity index (χ0n) is 10.5. The van der Waals surface area contributed by atoms with Gasteiger partial charge in [-0.2, -0.15) is 0 Å². The van der Waals surface area contributed by atoms with Gasteiger partial charge in [0, 0.05) is 0 Å². The number of carbonyl (C=O) groups excluding carboxylic acids is 1. The van der Waals surface area contributed by atoms with Crippen LogP contribution in [0.2, 0.25) is 0 Å². The Bertz CT molecular complexity index is 341. The maximum absolute atomic E-state index is 11.6. The lowest BCUT2D eigenvalue weighted by Gasteiger charge is -2.17. The van der Waals surface area contributed by atoms with E-state index in [0.29, 0.717) is 18.1 Å². The molecule has 5 nitrogen and oxygen atoms in total. The number of nitrogens with one attached hydrogen (secondary N) is 1. The van der Waals surface area contributed by atoms with Gasteiger partial charge in [-0.1, -0.05) is 13.8 Å². The van der Waals surface area contributed by atoms with Crippen molar-refractivity contribution in [3.8, 4) is 0 Å². The van der Waals surface area contributed by atoms with Crippen LogP contribution in [-0.2, 0) is 4.79 Å². The SMILES string of the molecule is CCN(CC)CC(=O)Nc1ccc(N)nc1.Cl.Cl. The molecule has 1 aromatic rings. The number of hydrogen-bond donors (Lipinski definition) is 2. The average molecular weight is 295 g/mol. The largest absolute Gasteiger partial charge is 0.384 e. The molecular weight excluding hydrogens is 275 g/mol. The maximum Gasteiger partial charge on any atom is 0.238 e. The van der Waals surface area contributed by atoms with Crippen LogP contribution in [0.25, 0.3) is 0 Å². The average Bonchev–Trinajstić information content (AvgIpc) is 2.29. The minimum atomic E-state index is -0.0322. The van der Waals surface area contributed by atoms with Gasteiger partial charge in [0.1, 0.15) is 5.82 Å². The van der Waals surface area contributed by atoms with Gasteiger partial charge >= 0.3 is 0 Å². The Balaban J connectivity index is 0. The first-order chi connectivity index (χ1) is 7.65. The van der Waals surface area contributed by atoms with E-state index in [2.05, 4.69) is 10.3 Å². The van der Waals surface area contributed by atoms with Crippen LogP contribution in [0.1, 0.15) is 13.8 Å². The fraction of sp³-hybridized carbons (Fsp3) is 0.455. The van der Waals surface area contributed by atoms with Crippen LogP contribution < -0.4 is 11.1 Å². The number of anilines is 2. The minimum absolute atomic E-state index is 0. The summed E-state index contributed by atoms with van der Waals surface area (Å²) in [4.78, 5) is 17.6. The normalized spacial score (nSPS) is 9.28. The van der Waals surface area contributed by atoms with Crippen LogP contribution in [0.4, 0.5) is 11.5 Å². The molecule has 7 heteroatoms. The number of aromatic nitrogens is 1. The quantitative estimate of drug-likeness (QED) is 0.868. The molecule has 1 amide bonds. The lowest BCUT2D eigenvalue weighted by Crippen LogP contribution is -2.32. The maximum atomic E-state index is 11.6. The number of nitrogens with two attached hydrogens (primary N) is 1. The van der Waals surface area contributed by atoms with E-state index in [0.717, 1.165) is 13.1 Å². The van der Waals surface area contributed by atoms with Crippen molar-refractivity contribution in [1.29, 1.82) is 0 Å². The molecule has 1 rings (SSSR count). The zero-order valence-corrected chi connectivity index (χ0v) is 12.2. The number of carbonyl (C=O) groups is 1. The van der Waals surface area contributed by atoms with E-state index in [-0.39, 0.29) is 30.7 Å². The Morgan fingerprint density at radius 3 is 2.39 bits per heavy atom. The molecule has 0 radical (unpaired) electrons. The molecular formula is C11H20Cl2N4O. The molecule has 0 aliphatic heterocycles. The minimum Gasteiger partial charge on any atom is -0.384 e. The summed E-state index contributed by atoms with van der Waals surface area (Å²) in [5, 5.41) is 2.77. The molecule has 0 aliphatic carbocycles. The Morgan fingerprint density at radius 2 is 1.94 bits per heavy atom. The Hall–Kier alpha value is -1.04. The second kappa shape index (κ2) is 9.94. The topological polar surface area (TPSA) is 71.2 Å². The summed E-state index contributed by atoms with van der Waals surface area (Å²) in [5.41, 5.74) is 6.12. The fourth-order valence-corrected chi connectivity index (χ4v) is 1.33. The fourth-order valence-electron chi connectivity index (χ4n) is 1.33. The molecule has 0 spiro atoms. The molecule has 0 saturated carbocycles. The van der Waals surface area contributed by atoms with Gasteiger partial charge in [0.2, 0.25) is 5.91 Å². The predicted octanol–water partition coefficient (Wildman–Crippen LogP) is 1.79. The lowest BCUT2D eigenvalue weighted by molar-refractivity contribution is -0.117. The molecule has 0 unspecified atom stereocenters. The van der Waals surface area contributed by atoms with Gasteiger partial charge in [0.15, 0.2) is 0 Å². The van der Waals surface area contributed by atoms with Crippen molar-refractivity contribution >= 4 is 42.2 Å². The van der Waals surface area contributed by atoms with Gasteiger partial charge in [-0.3, -0.25) is 9.69 Å². The van der Waals surface area contributed by atoms with E-state index in [1.807, 2.05) is 18.7 Å². The highest BCUT2D eigenvalue weighted by Crippen LogP contribution is 2.06. The summed E-state index contributed by atoms with van der Waals surface area (Å²) in [5.74, 6) is 0.414. The Kier molecular flexibility index (Phi) is 10.7. The molecule has 104 valence electrons. The highest BCUT2D eigenvalue weighted by molar-refractivity contribution is 5.92. The molecule has 3 N–H and O–H groups in total. The van der Waals surface area contributed by atoms with Crippen molar-refractivity contribution in [2.75, 3.05) is 30.7 Å². The van der Waals surface area contributed by atoms with Gasteiger partial charge < -0.3 is 11.1 Å². The number of hydrogen-bond acceptors (Lipinski definition) is 4. The molecule has 1 heterocycles. The van der Waals surface area contributed by atoms with Crippen LogP contribution in [0, 0.1) is 0 Å². The van der Waals surface area contributed by atoms with E-state index in [1.54, 1.807) is 18.3 Å². The molecule has 0 saturated heterocycles. The van der Waals surface area contributed by atoms with Crippen LogP contribution in [-0.4, -0.2) is 35.4 Å². The highest BCUT2D eigenvalue weighted by Gasteiger charge is 2.07. The third-order valence-corrected chi connectivity index (χ3v) is 2.33. The lowest BCUT2D eigenvalue weighted by atomic mass is 10.4. The molecule has 0 aromatic carbocycles. The van der Waals surface area contributed by atoms with E-state index in [9.17, 15) is 4.79 Å². The Morgan fingerprint density at radius 1 is 1.33 bits per heavy atom. The predicted molar refractivity (Wildman–Crippen MR) is 79.6 cm³/mol. The van der Waals surface area contributed by atoms with Crippen LogP contribution >= 0.6 is 24.8 Å². The highest BCUT2D eigenvalue weighted by atomic mass is 35.5. The van der Waals surface area contributed by atoms with Crippen LogP contribution in [0.5, 0.6) is 0 Å². The van der Waals surface area contributed by atoms with Crippen molar-refractivity contribution < 1.29 is 4.79 Å². The standard InChI is InChI=1S/C11H18N4O.2ClH/c1-3-15(4-2)8-11(16)14-9-5-6-10(12)13-7-9;;/h5-7H,3-4,8H2,1-2H3,(H2,12,13)(H,14,16);2*1H.